The number of aromatic nitrogens is 3. The van der Waals surface area contributed by atoms with Crippen LogP contribution in [-0.4, -0.2) is 37.7 Å². The SMILES string of the molecule is CCc1nc2sc(C(c3cccc(Br)c3)N3CCCC(C)C3)c(O)n2n1. The quantitative estimate of drug-likeness (QED) is 0.649. The van der Waals surface area contributed by atoms with E-state index in [2.05, 4.69) is 56.0 Å². The van der Waals surface area contributed by atoms with Crippen LogP contribution in [0, 0.1) is 5.92 Å². The molecule has 3 aromatic rings. The highest BCUT2D eigenvalue weighted by Gasteiger charge is 2.31. The third kappa shape index (κ3) is 3.28. The minimum absolute atomic E-state index is 0.0221. The molecule has 0 spiro atoms. The van der Waals surface area contributed by atoms with Gasteiger partial charge in [-0.3, -0.25) is 4.90 Å². The summed E-state index contributed by atoms with van der Waals surface area (Å²) in [5, 5.41) is 15.4. The van der Waals surface area contributed by atoms with Crippen molar-refractivity contribution in [1.29, 1.82) is 0 Å². The minimum atomic E-state index is 0.0221. The molecule has 0 aliphatic carbocycles. The van der Waals surface area contributed by atoms with E-state index < -0.39 is 0 Å². The molecule has 1 saturated heterocycles. The van der Waals surface area contributed by atoms with E-state index in [0.717, 1.165) is 39.6 Å². The van der Waals surface area contributed by atoms with Crippen molar-refractivity contribution in [1.82, 2.24) is 19.5 Å². The van der Waals surface area contributed by atoms with Crippen LogP contribution in [0.3, 0.4) is 0 Å². The summed E-state index contributed by atoms with van der Waals surface area (Å²) in [4.78, 5) is 8.73. The normalized spacial score (nSPS) is 19.9. The molecule has 0 saturated carbocycles. The lowest BCUT2D eigenvalue weighted by atomic mass is 9.95. The molecule has 1 aromatic carbocycles. The molecular formula is C19H23BrN4OS. The van der Waals surface area contributed by atoms with Gasteiger partial charge in [0.25, 0.3) is 0 Å². The largest absolute Gasteiger partial charge is 0.492 e. The van der Waals surface area contributed by atoms with E-state index in [9.17, 15) is 5.11 Å². The Balaban J connectivity index is 1.82. The van der Waals surface area contributed by atoms with Gasteiger partial charge in [-0.05, 0) is 43.0 Å². The minimum Gasteiger partial charge on any atom is -0.492 e. The molecule has 0 radical (unpaired) electrons. The third-order valence-electron chi connectivity index (χ3n) is 5.03. The molecule has 2 unspecified atom stereocenters. The zero-order valence-corrected chi connectivity index (χ0v) is 17.4. The Morgan fingerprint density at radius 2 is 2.27 bits per heavy atom. The first-order chi connectivity index (χ1) is 12.6. The summed E-state index contributed by atoms with van der Waals surface area (Å²) in [7, 11) is 0. The molecule has 0 bridgehead atoms. The lowest BCUT2D eigenvalue weighted by Crippen LogP contribution is -2.37. The lowest BCUT2D eigenvalue weighted by molar-refractivity contribution is 0.149. The second-order valence-corrected chi connectivity index (χ2v) is 8.99. The van der Waals surface area contributed by atoms with Crippen LogP contribution >= 0.6 is 27.3 Å². The molecule has 5 nitrogen and oxygen atoms in total. The Morgan fingerprint density at radius 3 is 2.96 bits per heavy atom. The van der Waals surface area contributed by atoms with Gasteiger partial charge in [0.1, 0.15) is 0 Å². The first kappa shape index (κ1) is 17.9. The average Bonchev–Trinajstić information content (AvgIpc) is 3.15. The molecule has 1 fully saturated rings. The van der Waals surface area contributed by atoms with Crippen molar-refractivity contribution in [2.24, 2.45) is 5.92 Å². The third-order valence-corrected chi connectivity index (χ3v) is 6.59. The number of halogens is 1. The maximum absolute atomic E-state index is 10.9. The van der Waals surface area contributed by atoms with Crippen molar-refractivity contribution < 1.29 is 5.11 Å². The number of piperidine rings is 1. The van der Waals surface area contributed by atoms with Gasteiger partial charge in [0.2, 0.25) is 10.8 Å². The Kier molecular flexibility index (Phi) is 5.03. The van der Waals surface area contributed by atoms with Gasteiger partial charge in [-0.15, -0.1) is 5.10 Å². The summed E-state index contributed by atoms with van der Waals surface area (Å²) >= 11 is 5.14. The summed E-state index contributed by atoms with van der Waals surface area (Å²) in [6.45, 7) is 6.40. The van der Waals surface area contributed by atoms with Crippen molar-refractivity contribution in [3.8, 4) is 5.88 Å². The van der Waals surface area contributed by atoms with Gasteiger partial charge >= 0.3 is 0 Å². The smallest absolute Gasteiger partial charge is 0.230 e. The van der Waals surface area contributed by atoms with Crippen molar-refractivity contribution in [2.75, 3.05) is 13.1 Å². The van der Waals surface area contributed by atoms with E-state index in [1.807, 2.05) is 13.0 Å². The number of aromatic hydroxyl groups is 1. The molecule has 26 heavy (non-hydrogen) atoms. The second kappa shape index (κ2) is 7.29. The number of aryl methyl sites for hydroxylation is 1. The fraction of sp³-hybridized carbons (Fsp3) is 0.474. The summed E-state index contributed by atoms with van der Waals surface area (Å²) in [6, 6.07) is 8.41. The van der Waals surface area contributed by atoms with Crippen LogP contribution in [-0.2, 0) is 6.42 Å². The lowest BCUT2D eigenvalue weighted by Gasteiger charge is -2.37. The number of thiazole rings is 1. The van der Waals surface area contributed by atoms with Crippen LogP contribution in [0.4, 0.5) is 0 Å². The molecule has 138 valence electrons. The molecule has 1 N–H and O–H groups in total. The van der Waals surface area contributed by atoms with E-state index in [4.69, 9.17) is 0 Å². The summed E-state index contributed by atoms with van der Waals surface area (Å²) in [5.74, 6) is 1.65. The van der Waals surface area contributed by atoms with Gasteiger partial charge in [0.05, 0.1) is 10.9 Å². The molecule has 4 rings (SSSR count). The highest BCUT2D eigenvalue weighted by Crippen LogP contribution is 2.41. The van der Waals surface area contributed by atoms with E-state index in [1.54, 1.807) is 15.9 Å². The highest BCUT2D eigenvalue weighted by atomic mass is 79.9. The van der Waals surface area contributed by atoms with E-state index in [-0.39, 0.29) is 11.9 Å². The molecule has 3 heterocycles. The number of hydrogen-bond donors (Lipinski definition) is 1. The summed E-state index contributed by atoms with van der Waals surface area (Å²) in [5.41, 5.74) is 1.18. The Hall–Kier alpha value is -1.44. The van der Waals surface area contributed by atoms with Crippen LogP contribution in [0.2, 0.25) is 0 Å². The number of likely N-dealkylation sites (tertiary alicyclic amines) is 1. The van der Waals surface area contributed by atoms with Gasteiger partial charge in [-0.1, -0.05) is 53.2 Å². The van der Waals surface area contributed by atoms with Gasteiger partial charge in [0, 0.05) is 17.4 Å². The predicted octanol–water partition coefficient (Wildman–Crippen LogP) is 4.64. The van der Waals surface area contributed by atoms with Gasteiger partial charge in [0.15, 0.2) is 5.82 Å². The fourth-order valence-electron chi connectivity index (χ4n) is 3.78. The number of rotatable bonds is 4. The molecule has 1 aliphatic rings. The van der Waals surface area contributed by atoms with E-state index in [1.165, 1.54) is 18.4 Å². The van der Waals surface area contributed by atoms with Crippen LogP contribution in [0.5, 0.6) is 5.88 Å². The van der Waals surface area contributed by atoms with Crippen molar-refractivity contribution in [3.63, 3.8) is 0 Å². The topological polar surface area (TPSA) is 53.7 Å². The maximum Gasteiger partial charge on any atom is 0.230 e. The van der Waals surface area contributed by atoms with Crippen molar-refractivity contribution in [2.45, 2.75) is 39.2 Å². The average molecular weight is 435 g/mol. The Labute approximate surface area is 165 Å². The molecule has 2 atom stereocenters. The fourth-order valence-corrected chi connectivity index (χ4v) is 5.34. The van der Waals surface area contributed by atoms with Crippen LogP contribution < -0.4 is 0 Å². The van der Waals surface area contributed by atoms with Gasteiger partial charge in [-0.2, -0.15) is 4.52 Å². The summed E-state index contributed by atoms with van der Waals surface area (Å²) in [6.07, 6.45) is 3.22. The molecule has 2 aromatic heterocycles. The predicted molar refractivity (Wildman–Crippen MR) is 108 cm³/mol. The molecule has 1 aliphatic heterocycles. The first-order valence-electron chi connectivity index (χ1n) is 9.13. The number of fused-ring (bicyclic) bond motifs is 1. The zero-order valence-electron chi connectivity index (χ0n) is 15.0. The molecule has 0 amide bonds. The highest BCUT2D eigenvalue weighted by molar-refractivity contribution is 9.10. The van der Waals surface area contributed by atoms with Gasteiger partial charge in [-0.25, -0.2) is 4.98 Å². The van der Waals surface area contributed by atoms with Gasteiger partial charge < -0.3 is 5.11 Å². The van der Waals surface area contributed by atoms with Crippen molar-refractivity contribution >= 4 is 32.2 Å². The number of hydrogen-bond acceptors (Lipinski definition) is 5. The maximum atomic E-state index is 10.9. The monoisotopic (exact) mass is 434 g/mol. The standard InChI is InChI=1S/C19H23BrN4OS/c1-3-15-21-19-24(22-15)18(25)17(26-19)16(13-7-4-8-14(20)10-13)23-9-5-6-12(2)11-23/h4,7-8,10,12,16,25H,3,5-6,9,11H2,1-2H3. The second-order valence-electron chi connectivity index (χ2n) is 7.07. The van der Waals surface area contributed by atoms with Crippen molar-refractivity contribution in [3.05, 3.63) is 45.0 Å². The van der Waals surface area contributed by atoms with Crippen LogP contribution in [0.1, 0.15) is 49.0 Å². The summed E-state index contributed by atoms with van der Waals surface area (Å²) < 4.78 is 2.65. The van der Waals surface area contributed by atoms with Crippen LogP contribution in [0.15, 0.2) is 28.7 Å². The first-order valence-corrected chi connectivity index (χ1v) is 10.7. The van der Waals surface area contributed by atoms with Crippen LogP contribution in [0.25, 0.3) is 4.96 Å². The molecular weight excluding hydrogens is 412 g/mol. The Morgan fingerprint density at radius 1 is 1.42 bits per heavy atom. The zero-order chi connectivity index (χ0) is 18.3. The Bertz CT molecular complexity index is 922. The number of benzene rings is 1. The van der Waals surface area contributed by atoms with E-state index in [0.29, 0.717) is 5.92 Å². The molecule has 7 heteroatoms. The van der Waals surface area contributed by atoms with E-state index >= 15 is 0 Å². The number of nitrogens with zero attached hydrogens (tertiary/aromatic N) is 4.